The molecule has 2 aromatic rings. The third-order valence-corrected chi connectivity index (χ3v) is 5.51. The highest BCUT2D eigenvalue weighted by Gasteiger charge is 2.34. The number of nitrogens with zero attached hydrogens (tertiary/aromatic N) is 4. The molecule has 1 atom stereocenters. The molecular formula is C19H24N4O3. The number of amides is 1. The molecule has 2 aliphatic heterocycles. The summed E-state index contributed by atoms with van der Waals surface area (Å²) in [5.74, 6) is 1.71. The van der Waals surface area contributed by atoms with Gasteiger partial charge in [0.1, 0.15) is 11.6 Å². The largest absolute Gasteiger partial charge is 0.468 e. The van der Waals surface area contributed by atoms with E-state index in [4.69, 9.17) is 4.42 Å². The molecule has 0 bridgehead atoms. The van der Waals surface area contributed by atoms with E-state index in [0.29, 0.717) is 24.5 Å². The summed E-state index contributed by atoms with van der Waals surface area (Å²) in [5, 5.41) is 0. The van der Waals surface area contributed by atoms with Crippen LogP contribution in [0.15, 0.2) is 27.6 Å². The first kappa shape index (κ1) is 17.0. The summed E-state index contributed by atoms with van der Waals surface area (Å²) in [4.78, 5) is 34.0. The van der Waals surface area contributed by atoms with Crippen molar-refractivity contribution in [3.05, 3.63) is 51.6 Å². The Labute approximate surface area is 152 Å². The SMILES string of the molecule is Cc1nc2c(c(=O)n1C)CN(C(=O)[C@@H]1CCCN(Cc3ccco3)C1)C2. The van der Waals surface area contributed by atoms with Gasteiger partial charge in [0.05, 0.1) is 43.1 Å². The van der Waals surface area contributed by atoms with Crippen LogP contribution in [0.25, 0.3) is 0 Å². The fraction of sp³-hybridized carbons (Fsp3) is 0.526. The molecule has 7 nitrogen and oxygen atoms in total. The van der Waals surface area contributed by atoms with Gasteiger partial charge in [-0.2, -0.15) is 0 Å². The first-order chi connectivity index (χ1) is 12.5. The number of fused-ring (bicyclic) bond motifs is 1. The molecule has 26 heavy (non-hydrogen) atoms. The average molecular weight is 356 g/mol. The first-order valence-electron chi connectivity index (χ1n) is 9.12. The van der Waals surface area contributed by atoms with Gasteiger partial charge in [-0.15, -0.1) is 0 Å². The van der Waals surface area contributed by atoms with Gasteiger partial charge in [0, 0.05) is 13.6 Å². The molecular weight excluding hydrogens is 332 g/mol. The summed E-state index contributed by atoms with van der Waals surface area (Å²) < 4.78 is 6.98. The topological polar surface area (TPSA) is 71.6 Å². The van der Waals surface area contributed by atoms with Crippen molar-refractivity contribution >= 4 is 5.91 Å². The Morgan fingerprint density at radius 2 is 2.23 bits per heavy atom. The number of carbonyl (C=O) groups excluding carboxylic acids is 1. The highest BCUT2D eigenvalue weighted by molar-refractivity contribution is 5.79. The molecule has 1 amide bonds. The summed E-state index contributed by atoms with van der Waals surface area (Å²) in [6.45, 7) is 5.09. The highest BCUT2D eigenvalue weighted by atomic mass is 16.3. The number of aromatic nitrogens is 2. The van der Waals surface area contributed by atoms with Gasteiger partial charge in [0.2, 0.25) is 5.91 Å². The molecule has 4 heterocycles. The van der Waals surface area contributed by atoms with E-state index in [1.54, 1.807) is 22.8 Å². The van der Waals surface area contributed by atoms with Gasteiger partial charge < -0.3 is 9.32 Å². The molecule has 0 aliphatic carbocycles. The Morgan fingerprint density at radius 3 is 3.00 bits per heavy atom. The van der Waals surface area contributed by atoms with Crippen LogP contribution in [0.3, 0.4) is 0 Å². The molecule has 0 spiro atoms. The van der Waals surface area contributed by atoms with Gasteiger partial charge >= 0.3 is 0 Å². The van der Waals surface area contributed by atoms with E-state index in [-0.39, 0.29) is 17.4 Å². The molecule has 0 aromatic carbocycles. The van der Waals surface area contributed by atoms with Crippen LogP contribution in [-0.4, -0.2) is 38.3 Å². The normalized spacial score (nSPS) is 20.4. The van der Waals surface area contributed by atoms with E-state index in [2.05, 4.69) is 9.88 Å². The number of rotatable bonds is 3. The summed E-state index contributed by atoms with van der Waals surface area (Å²) in [6, 6.07) is 3.85. The van der Waals surface area contributed by atoms with Crippen LogP contribution < -0.4 is 5.56 Å². The van der Waals surface area contributed by atoms with Crippen molar-refractivity contribution in [1.82, 2.24) is 19.4 Å². The van der Waals surface area contributed by atoms with Gasteiger partial charge in [-0.1, -0.05) is 0 Å². The standard InChI is InChI=1S/C19H24N4O3/c1-13-20-17-12-23(11-16(17)19(25)21(13)2)18(24)14-5-3-7-22(9-14)10-15-6-4-8-26-15/h4,6,8,14H,3,5,7,9-12H2,1-2H3/t14-/m1/s1. The number of aryl methyl sites for hydroxylation is 1. The van der Waals surface area contributed by atoms with Crippen molar-refractivity contribution in [3.8, 4) is 0 Å². The predicted molar refractivity (Wildman–Crippen MR) is 95.2 cm³/mol. The van der Waals surface area contributed by atoms with Crippen LogP contribution in [0, 0.1) is 12.8 Å². The number of piperidine rings is 1. The number of likely N-dealkylation sites (tertiary alicyclic amines) is 1. The summed E-state index contributed by atoms with van der Waals surface area (Å²) >= 11 is 0. The third kappa shape index (κ3) is 3.07. The number of hydrogen-bond acceptors (Lipinski definition) is 5. The van der Waals surface area contributed by atoms with E-state index in [1.165, 1.54) is 0 Å². The van der Waals surface area contributed by atoms with Gasteiger partial charge in [-0.3, -0.25) is 19.1 Å². The lowest BCUT2D eigenvalue weighted by Gasteiger charge is -2.33. The molecule has 1 saturated heterocycles. The maximum absolute atomic E-state index is 13.0. The van der Waals surface area contributed by atoms with Crippen LogP contribution >= 0.6 is 0 Å². The monoisotopic (exact) mass is 356 g/mol. The van der Waals surface area contributed by atoms with Crippen molar-refractivity contribution in [1.29, 1.82) is 0 Å². The summed E-state index contributed by atoms with van der Waals surface area (Å²) in [6.07, 6.45) is 3.57. The summed E-state index contributed by atoms with van der Waals surface area (Å²) in [7, 11) is 1.73. The minimum atomic E-state index is -0.0362. The molecule has 2 aromatic heterocycles. The number of hydrogen-bond donors (Lipinski definition) is 0. The zero-order valence-electron chi connectivity index (χ0n) is 15.3. The van der Waals surface area contributed by atoms with Gasteiger partial charge in [-0.05, 0) is 38.4 Å². The Bertz CT molecular complexity index is 872. The van der Waals surface area contributed by atoms with Crippen LogP contribution in [0.4, 0.5) is 0 Å². The Hall–Kier alpha value is -2.41. The van der Waals surface area contributed by atoms with Crippen LogP contribution in [0.5, 0.6) is 0 Å². The number of carbonyl (C=O) groups is 1. The van der Waals surface area contributed by atoms with Gasteiger partial charge in [-0.25, -0.2) is 4.98 Å². The van der Waals surface area contributed by atoms with Gasteiger partial charge in [0.25, 0.3) is 5.56 Å². The quantitative estimate of drug-likeness (QED) is 0.832. The van der Waals surface area contributed by atoms with E-state index in [9.17, 15) is 9.59 Å². The minimum Gasteiger partial charge on any atom is -0.468 e. The van der Waals surface area contributed by atoms with E-state index in [0.717, 1.165) is 43.9 Å². The van der Waals surface area contributed by atoms with Gasteiger partial charge in [0.15, 0.2) is 0 Å². The molecule has 0 saturated carbocycles. The van der Waals surface area contributed by atoms with Crippen molar-refractivity contribution in [3.63, 3.8) is 0 Å². The Balaban J connectivity index is 1.45. The predicted octanol–water partition coefficient (Wildman–Crippen LogP) is 1.44. The second-order valence-corrected chi connectivity index (χ2v) is 7.30. The Morgan fingerprint density at radius 1 is 1.38 bits per heavy atom. The fourth-order valence-electron chi connectivity index (χ4n) is 3.97. The van der Waals surface area contributed by atoms with E-state index < -0.39 is 0 Å². The lowest BCUT2D eigenvalue weighted by atomic mass is 9.96. The van der Waals surface area contributed by atoms with Crippen LogP contribution in [0.1, 0.15) is 35.7 Å². The van der Waals surface area contributed by atoms with Crippen molar-refractivity contribution in [2.75, 3.05) is 13.1 Å². The molecule has 138 valence electrons. The fourth-order valence-corrected chi connectivity index (χ4v) is 3.97. The zero-order valence-corrected chi connectivity index (χ0v) is 15.3. The third-order valence-electron chi connectivity index (χ3n) is 5.51. The summed E-state index contributed by atoms with van der Waals surface area (Å²) in [5.41, 5.74) is 1.38. The second kappa shape index (κ2) is 6.72. The van der Waals surface area contributed by atoms with E-state index in [1.807, 2.05) is 19.1 Å². The lowest BCUT2D eigenvalue weighted by Crippen LogP contribution is -2.43. The van der Waals surface area contributed by atoms with Crippen LogP contribution in [-0.2, 0) is 31.5 Å². The molecule has 0 radical (unpaired) electrons. The number of furan rings is 1. The zero-order chi connectivity index (χ0) is 18.3. The minimum absolute atomic E-state index is 0.0297. The maximum Gasteiger partial charge on any atom is 0.258 e. The smallest absolute Gasteiger partial charge is 0.258 e. The molecule has 4 rings (SSSR count). The lowest BCUT2D eigenvalue weighted by molar-refractivity contribution is -0.138. The molecule has 7 heteroatoms. The molecule has 0 N–H and O–H groups in total. The second-order valence-electron chi connectivity index (χ2n) is 7.30. The Kier molecular flexibility index (Phi) is 4.40. The van der Waals surface area contributed by atoms with Crippen molar-refractivity contribution < 1.29 is 9.21 Å². The maximum atomic E-state index is 13.0. The van der Waals surface area contributed by atoms with Crippen molar-refractivity contribution in [2.24, 2.45) is 13.0 Å². The van der Waals surface area contributed by atoms with E-state index >= 15 is 0 Å². The first-order valence-corrected chi connectivity index (χ1v) is 9.12. The average Bonchev–Trinajstić information content (AvgIpc) is 3.29. The molecule has 2 aliphatic rings. The molecule has 0 unspecified atom stereocenters. The highest BCUT2D eigenvalue weighted by Crippen LogP contribution is 2.25. The van der Waals surface area contributed by atoms with Crippen molar-refractivity contribution in [2.45, 2.75) is 39.4 Å². The molecule has 1 fully saturated rings. The van der Waals surface area contributed by atoms with Crippen LogP contribution in [0.2, 0.25) is 0 Å².